The molecule has 5 nitrogen and oxygen atoms in total. The summed E-state index contributed by atoms with van der Waals surface area (Å²) in [5.74, 6) is -1.33. The van der Waals surface area contributed by atoms with E-state index in [9.17, 15) is 14.0 Å². The van der Waals surface area contributed by atoms with Gasteiger partial charge in [-0.1, -0.05) is 43.5 Å². The molecule has 4 rings (SSSR count). The highest BCUT2D eigenvalue weighted by atomic mass is 19.1. The molecule has 28 heavy (non-hydrogen) atoms. The number of amides is 1. The van der Waals surface area contributed by atoms with Crippen LogP contribution in [0.1, 0.15) is 42.5 Å². The summed E-state index contributed by atoms with van der Waals surface area (Å²) in [6.45, 7) is 0. The van der Waals surface area contributed by atoms with Crippen LogP contribution in [0.2, 0.25) is 0 Å². The van der Waals surface area contributed by atoms with Gasteiger partial charge in [-0.2, -0.15) is 0 Å². The fourth-order valence-corrected chi connectivity index (χ4v) is 3.69. The lowest BCUT2D eigenvalue weighted by Gasteiger charge is -2.25. The lowest BCUT2D eigenvalue weighted by molar-refractivity contribution is 0.102. The van der Waals surface area contributed by atoms with E-state index in [1.165, 1.54) is 24.6 Å². The number of hydrogen-bond donors (Lipinski definition) is 2. The van der Waals surface area contributed by atoms with E-state index in [1.54, 1.807) is 18.2 Å². The Hall–Kier alpha value is -3.15. The summed E-state index contributed by atoms with van der Waals surface area (Å²) in [5, 5.41) is 6.71. The summed E-state index contributed by atoms with van der Waals surface area (Å²) in [6, 6.07) is 13.1. The summed E-state index contributed by atoms with van der Waals surface area (Å²) in [4.78, 5) is 25.2. The van der Waals surface area contributed by atoms with Crippen molar-refractivity contribution in [1.29, 1.82) is 0 Å². The van der Waals surface area contributed by atoms with Crippen molar-refractivity contribution in [1.82, 2.24) is 0 Å². The zero-order valence-corrected chi connectivity index (χ0v) is 15.3. The van der Waals surface area contributed by atoms with E-state index in [0.29, 0.717) is 16.7 Å². The second kappa shape index (κ2) is 7.84. The molecule has 3 aromatic rings. The van der Waals surface area contributed by atoms with E-state index in [-0.39, 0.29) is 17.3 Å². The Kier molecular flexibility index (Phi) is 5.10. The van der Waals surface area contributed by atoms with Gasteiger partial charge in [0.15, 0.2) is 5.69 Å². The fourth-order valence-electron chi connectivity index (χ4n) is 3.69. The maximum absolute atomic E-state index is 14.0. The molecule has 1 saturated carbocycles. The first kappa shape index (κ1) is 18.2. The van der Waals surface area contributed by atoms with Crippen molar-refractivity contribution in [3.05, 3.63) is 70.3 Å². The number of fused-ring (bicyclic) bond motifs is 1. The quantitative estimate of drug-likeness (QED) is 0.630. The lowest BCUT2D eigenvalue weighted by Crippen LogP contribution is -2.26. The number of anilines is 2. The molecular weight excluding hydrogens is 359 g/mol. The second-order valence-corrected chi connectivity index (χ2v) is 7.05. The Balaban J connectivity index is 1.77. The molecule has 2 aromatic carbocycles. The van der Waals surface area contributed by atoms with E-state index in [0.717, 1.165) is 25.7 Å². The van der Waals surface area contributed by atoms with Gasteiger partial charge < -0.3 is 15.1 Å². The van der Waals surface area contributed by atoms with Crippen LogP contribution in [0.3, 0.4) is 0 Å². The number of hydrogen-bond acceptors (Lipinski definition) is 4. The van der Waals surface area contributed by atoms with Crippen LogP contribution in [0, 0.1) is 5.82 Å². The SMILES string of the molecule is O=C(Nc1c(NC2CCCCC2)c2ccccc2oc1=O)c1ccccc1F. The standard InChI is InChI=1S/C22H21FN2O3/c23-17-12-6-4-10-15(17)21(26)25-20-19(24-14-8-2-1-3-9-14)16-11-5-7-13-18(16)28-22(20)27/h4-7,10-14,24H,1-3,8-9H2,(H,25,26). The van der Waals surface area contributed by atoms with E-state index in [2.05, 4.69) is 10.6 Å². The van der Waals surface area contributed by atoms with Gasteiger partial charge in [0.2, 0.25) is 0 Å². The molecule has 0 spiro atoms. The van der Waals surface area contributed by atoms with Crippen molar-refractivity contribution < 1.29 is 13.6 Å². The molecule has 1 heterocycles. The molecule has 1 aliphatic rings. The second-order valence-electron chi connectivity index (χ2n) is 7.05. The number of benzene rings is 2. The summed E-state index contributed by atoms with van der Waals surface area (Å²) in [5.41, 5.74) is 0.191. The summed E-state index contributed by atoms with van der Waals surface area (Å²) in [6.07, 6.45) is 5.43. The normalized spacial score (nSPS) is 14.8. The molecular formula is C22H21FN2O3. The Bertz CT molecular complexity index is 1070. The van der Waals surface area contributed by atoms with E-state index in [4.69, 9.17) is 4.42 Å². The number of carbonyl (C=O) groups is 1. The highest BCUT2D eigenvalue weighted by molar-refractivity contribution is 6.08. The third-order valence-electron chi connectivity index (χ3n) is 5.12. The first-order valence-electron chi connectivity index (χ1n) is 9.52. The molecule has 1 fully saturated rings. The van der Waals surface area contributed by atoms with Crippen LogP contribution >= 0.6 is 0 Å². The van der Waals surface area contributed by atoms with E-state index < -0.39 is 17.3 Å². The number of carbonyl (C=O) groups excluding carboxylic acids is 1. The van der Waals surface area contributed by atoms with Crippen LogP contribution in [0.25, 0.3) is 11.0 Å². The smallest absolute Gasteiger partial charge is 0.362 e. The first-order valence-corrected chi connectivity index (χ1v) is 9.52. The molecule has 1 amide bonds. The molecule has 0 radical (unpaired) electrons. The van der Waals surface area contributed by atoms with Crippen molar-refractivity contribution in [3.8, 4) is 0 Å². The maximum atomic E-state index is 14.0. The van der Waals surface area contributed by atoms with E-state index >= 15 is 0 Å². The first-order chi connectivity index (χ1) is 13.6. The summed E-state index contributed by atoms with van der Waals surface area (Å²) in [7, 11) is 0. The van der Waals surface area contributed by atoms with Crippen molar-refractivity contribution in [2.24, 2.45) is 0 Å². The van der Waals surface area contributed by atoms with E-state index in [1.807, 2.05) is 12.1 Å². The molecule has 2 N–H and O–H groups in total. The van der Waals surface area contributed by atoms with Crippen molar-refractivity contribution >= 4 is 28.3 Å². The van der Waals surface area contributed by atoms with Gasteiger partial charge in [0.25, 0.3) is 5.91 Å². The highest BCUT2D eigenvalue weighted by Crippen LogP contribution is 2.32. The van der Waals surface area contributed by atoms with Crippen molar-refractivity contribution in [2.45, 2.75) is 38.1 Å². The third-order valence-corrected chi connectivity index (χ3v) is 5.12. The topological polar surface area (TPSA) is 71.3 Å². The Labute approximate surface area is 161 Å². The third kappa shape index (κ3) is 3.63. The predicted octanol–water partition coefficient (Wildman–Crippen LogP) is 4.93. The minimum atomic E-state index is -0.688. The van der Waals surface area contributed by atoms with Crippen LogP contribution < -0.4 is 16.3 Å². The molecule has 0 bridgehead atoms. The Morgan fingerprint density at radius 2 is 1.68 bits per heavy atom. The van der Waals surface area contributed by atoms with Gasteiger partial charge in [-0.25, -0.2) is 9.18 Å². The van der Waals surface area contributed by atoms with Crippen LogP contribution in [0.5, 0.6) is 0 Å². The monoisotopic (exact) mass is 380 g/mol. The van der Waals surface area contributed by atoms with Crippen molar-refractivity contribution in [2.75, 3.05) is 10.6 Å². The lowest BCUT2D eigenvalue weighted by atomic mass is 9.95. The fraction of sp³-hybridized carbons (Fsp3) is 0.273. The minimum Gasteiger partial charge on any atom is -0.421 e. The zero-order valence-electron chi connectivity index (χ0n) is 15.3. The number of para-hydroxylation sites is 1. The van der Waals surface area contributed by atoms with Crippen LogP contribution in [0.15, 0.2) is 57.7 Å². The van der Waals surface area contributed by atoms with Gasteiger partial charge in [-0.15, -0.1) is 0 Å². The minimum absolute atomic E-state index is 0.0116. The number of rotatable bonds is 4. The molecule has 6 heteroatoms. The van der Waals surface area contributed by atoms with Gasteiger partial charge in [0.1, 0.15) is 11.4 Å². The summed E-state index contributed by atoms with van der Waals surface area (Å²) < 4.78 is 19.4. The number of halogens is 1. The van der Waals surface area contributed by atoms with Gasteiger partial charge in [-0.05, 0) is 37.1 Å². The largest absolute Gasteiger partial charge is 0.421 e. The van der Waals surface area contributed by atoms with Gasteiger partial charge in [0, 0.05) is 11.4 Å². The van der Waals surface area contributed by atoms with Gasteiger partial charge >= 0.3 is 5.63 Å². The van der Waals surface area contributed by atoms with Crippen LogP contribution in [0.4, 0.5) is 15.8 Å². The van der Waals surface area contributed by atoms with Gasteiger partial charge in [0.05, 0.1) is 11.3 Å². The van der Waals surface area contributed by atoms with Crippen LogP contribution in [-0.4, -0.2) is 11.9 Å². The highest BCUT2D eigenvalue weighted by Gasteiger charge is 2.22. The van der Waals surface area contributed by atoms with Crippen molar-refractivity contribution in [3.63, 3.8) is 0 Å². The molecule has 0 aliphatic heterocycles. The zero-order chi connectivity index (χ0) is 19.5. The van der Waals surface area contributed by atoms with Crippen LogP contribution in [-0.2, 0) is 0 Å². The Morgan fingerprint density at radius 1 is 0.964 bits per heavy atom. The molecule has 1 aliphatic carbocycles. The summed E-state index contributed by atoms with van der Waals surface area (Å²) >= 11 is 0. The molecule has 0 atom stereocenters. The number of nitrogens with one attached hydrogen (secondary N) is 2. The molecule has 1 aromatic heterocycles. The average molecular weight is 380 g/mol. The molecule has 0 unspecified atom stereocenters. The van der Waals surface area contributed by atoms with Gasteiger partial charge in [-0.3, -0.25) is 4.79 Å². The predicted molar refractivity (Wildman–Crippen MR) is 107 cm³/mol. The molecule has 144 valence electrons. The Morgan fingerprint density at radius 3 is 2.46 bits per heavy atom. The average Bonchev–Trinajstić information content (AvgIpc) is 2.71. The maximum Gasteiger partial charge on any atom is 0.362 e. The molecule has 0 saturated heterocycles.